The first-order valence-electron chi connectivity index (χ1n) is 3.54. The number of nitrogens with zero attached hydrogens (tertiary/aromatic N) is 4. The van der Waals surface area contributed by atoms with Crippen LogP contribution in [-0.4, -0.2) is 19.7 Å². The van der Waals surface area contributed by atoms with Crippen molar-refractivity contribution in [3.63, 3.8) is 0 Å². The van der Waals surface area contributed by atoms with Crippen LogP contribution in [0, 0.1) is 0 Å². The van der Waals surface area contributed by atoms with E-state index in [1.165, 1.54) is 6.33 Å². The zero-order valence-corrected chi connectivity index (χ0v) is 8.14. The van der Waals surface area contributed by atoms with Gasteiger partial charge in [0.2, 0.25) is 0 Å². The average molecular weight is 240 g/mol. The Morgan fingerprint density at radius 2 is 2.31 bits per heavy atom. The van der Waals surface area contributed by atoms with E-state index in [9.17, 15) is 0 Å². The number of nitrogen functional groups attached to an aromatic ring is 1. The van der Waals surface area contributed by atoms with Crippen LogP contribution in [0.5, 0.6) is 0 Å². The molecular formula is C7H6BrN5. The van der Waals surface area contributed by atoms with Crippen LogP contribution < -0.4 is 5.73 Å². The zero-order chi connectivity index (χ0) is 9.26. The van der Waals surface area contributed by atoms with Crippen LogP contribution in [0.2, 0.25) is 0 Å². The average Bonchev–Trinajstić information content (AvgIpc) is 2.49. The van der Waals surface area contributed by atoms with Crippen molar-refractivity contribution in [3.8, 4) is 5.82 Å². The molecule has 0 saturated heterocycles. The van der Waals surface area contributed by atoms with Gasteiger partial charge in [-0.1, -0.05) is 0 Å². The molecule has 5 nitrogen and oxygen atoms in total. The molecule has 6 heteroatoms. The molecule has 2 heterocycles. The molecule has 2 rings (SSSR count). The predicted octanol–water partition coefficient (Wildman–Crippen LogP) is 1.01. The first kappa shape index (κ1) is 8.18. The monoisotopic (exact) mass is 239 g/mol. The van der Waals surface area contributed by atoms with Gasteiger partial charge in [-0.15, -0.1) is 5.10 Å². The third-order valence-corrected chi connectivity index (χ3v) is 2.11. The van der Waals surface area contributed by atoms with E-state index in [-0.39, 0.29) is 0 Å². The fourth-order valence-corrected chi connectivity index (χ4v) is 1.18. The lowest BCUT2D eigenvalue weighted by Gasteiger charge is -1.96. The molecule has 0 atom stereocenters. The van der Waals surface area contributed by atoms with E-state index >= 15 is 0 Å². The third kappa shape index (κ3) is 1.52. The molecular weight excluding hydrogens is 234 g/mol. The van der Waals surface area contributed by atoms with E-state index in [1.807, 2.05) is 0 Å². The van der Waals surface area contributed by atoms with E-state index in [4.69, 9.17) is 5.73 Å². The lowest BCUT2D eigenvalue weighted by atomic mass is 10.6. The summed E-state index contributed by atoms with van der Waals surface area (Å²) in [5.74, 6) is 1.13. The highest BCUT2D eigenvalue weighted by Gasteiger charge is 2.03. The number of hydrogen-bond donors (Lipinski definition) is 1. The molecule has 2 aromatic rings. The van der Waals surface area contributed by atoms with Gasteiger partial charge in [0.05, 0.1) is 4.47 Å². The van der Waals surface area contributed by atoms with Gasteiger partial charge in [-0.3, -0.25) is 0 Å². The molecule has 0 fully saturated rings. The molecule has 0 bridgehead atoms. The molecule has 0 saturated carbocycles. The van der Waals surface area contributed by atoms with Gasteiger partial charge in [0.25, 0.3) is 0 Å². The van der Waals surface area contributed by atoms with Crippen molar-refractivity contribution in [3.05, 3.63) is 29.3 Å². The summed E-state index contributed by atoms with van der Waals surface area (Å²) in [5.41, 5.74) is 5.56. The molecule has 0 amide bonds. The highest BCUT2D eigenvalue weighted by atomic mass is 79.9. The summed E-state index contributed by atoms with van der Waals surface area (Å²) < 4.78 is 2.34. The molecule has 0 aliphatic heterocycles. The zero-order valence-electron chi connectivity index (χ0n) is 6.55. The number of anilines is 1. The summed E-state index contributed by atoms with van der Waals surface area (Å²) in [5, 5.41) is 4.04. The minimum atomic E-state index is 0.443. The first-order valence-corrected chi connectivity index (χ1v) is 4.33. The Morgan fingerprint density at radius 1 is 1.46 bits per heavy atom. The fraction of sp³-hybridized carbons (Fsp3) is 0. The van der Waals surface area contributed by atoms with E-state index < -0.39 is 0 Å². The largest absolute Gasteiger partial charge is 0.381 e. The van der Waals surface area contributed by atoms with Gasteiger partial charge in [-0.05, 0) is 15.9 Å². The van der Waals surface area contributed by atoms with Gasteiger partial charge in [0.15, 0.2) is 11.6 Å². The maximum atomic E-state index is 5.56. The normalized spacial score (nSPS) is 10.2. The van der Waals surface area contributed by atoms with Crippen LogP contribution in [0.15, 0.2) is 29.3 Å². The number of aromatic nitrogens is 4. The molecule has 13 heavy (non-hydrogen) atoms. The third-order valence-electron chi connectivity index (χ3n) is 1.50. The van der Waals surface area contributed by atoms with Gasteiger partial charge in [0, 0.05) is 18.5 Å². The fourth-order valence-electron chi connectivity index (χ4n) is 0.903. The molecule has 0 aliphatic rings. The number of hydrogen-bond acceptors (Lipinski definition) is 4. The lowest BCUT2D eigenvalue weighted by Crippen LogP contribution is -1.98. The van der Waals surface area contributed by atoms with Crippen molar-refractivity contribution in [2.24, 2.45) is 0 Å². The molecule has 2 aromatic heterocycles. The second-order valence-electron chi connectivity index (χ2n) is 2.37. The molecule has 2 N–H and O–H groups in total. The van der Waals surface area contributed by atoms with E-state index in [0.29, 0.717) is 11.6 Å². The second-order valence-corrected chi connectivity index (χ2v) is 3.23. The van der Waals surface area contributed by atoms with Crippen LogP contribution in [0.3, 0.4) is 0 Å². The van der Waals surface area contributed by atoms with Crippen LogP contribution in [0.4, 0.5) is 5.82 Å². The van der Waals surface area contributed by atoms with Crippen molar-refractivity contribution < 1.29 is 0 Å². The SMILES string of the molecule is Nc1nn(-c2ccncn2)cc1Br. The second kappa shape index (κ2) is 3.14. The summed E-state index contributed by atoms with van der Waals surface area (Å²) in [6.07, 6.45) is 4.85. The highest BCUT2D eigenvalue weighted by Crippen LogP contribution is 2.17. The van der Waals surface area contributed by atoms with Crippen LogP contribution in [-0.2, 0) is 0 Å². The summed E-state index contributed by atoms with van der Waals surface area (Å²) in [7, 11) is 0. The van der Waals surface area contributed by atoms with E-state index in [2.05, 4.69) is 31.0 Å². The van der Waals surface area contributed by atoms with Gasteiger partial charge in [0.1, 0.15) is 6.33 Å². The Labute approximate surface area is 82.7 Å². The standard InChI is InChI=1S/C7H6BrN5/c8-5-3-13(12-7(5)9)6-1-2-10-4-11-6/h1-4H,(H2,9,12). The van der Waals surface area contributed by atoms with Gasteiger partial charge < -0.3 is 5.73 Å². The van der Waals surface area contributed by atoms with Crippen LogP contribution in [0.25, 0.3) is 5.82 Å². The molecule has 0 aliphatic carbocycles. The van der Waals surface area contributed by atoms with Gasteiger partial charge in [-0.25, -0.2) is 14.6 Å². The predicted molar refractivity (Wildman–Crippen MR) is 51.3 cm³/mol. The smallest absolute Gasteiger partial charge is 0.160 e. The molecule has 66 valence electrons. The Kier molecular flexibility index (Phi) is 1.97. The Morgan fingerprint density at radius 3 is 2.85 bits per heavy atom. The first-order chi connectivity index (χ1) is 6.27. The summed E-state index contributed by atoms with van der Waals surface area (Å²) in [6.45, 7) is 0. The van der Waals surface area contributed by atoms with Crippen molar-refractivity contribution in [1.82, 2.24) is 19.7 Å². The summed E-state index contributed by atoms with van der Waals surface area (Å²) >= 11 is 3.26. The quantitative estimate of drug-likeness (QED) is 0.807. The van der Waals surface area contributed by atoms with Crippen molar-refractivity contribution in [2.45, 2.75) is 0 Å². The topological polar surface area (TPSA) is 69.6 Å². The molecule has 0 radical (unpaired) electrons. The highest BCUT2D eigenvalue weighted by molar-refractivity contribution is 9.10. The summed E-state index contributed by atoms with van der Waals surface area (Å²) in [6, 6.07) is 1.75. The van der Waals surface area contributed by atoms with Crippen LogP contribution >= 0.6 is 15.9 Å². The van der Waals surface area contributed by atoms with Gasteiger partial charge >= 0.3 is 0 Å². The van der Waals surface area contributed by atoms with Crippen molar-refractivity contribution in [1.29, 1.82) is 0 Å². The maximum absolute atomic E-state index is 5.56. The molecule has 0 spiro atoms. The Bertz CT molecular complexity index is 391. The van der Waals surface area contributed by atoms with Crippen molar-refractivity contribution in [2.75, 3.05) is 5.73 Å². The lowest BCUT2D eigenvalue weighted by molar-refractivity contribution is 0.843. The summed E-state index contributed by atoms with van der Waals surface area (Å²) in [4.78, 5) is 7.82. The van der Waals surface area contributed by atoms with Crippen molar-refractivity contribution >= 4 is 21.7 Å². The number of nitrogens with two attached hydrogens (primary N) is 1. The maximum Gasteiger partial charge on any atom is 0.160 e. The minimum Gasteiger partial charge on any atom is -0.381 e. The number of rotatable bonds is 1. The van der Waals surface area contributed by atoms with E-state index in [1.54, 1.807) is 23.1 Å². The van der Waals surface area contributed by atoms with E-state index in [0.717, 1.165) is 4.47 Å². The van der Waals surface area contributed by atoms with Crippen LogP contribution in [0.1, 0.15) is 0 Å². The Balaban J connectivity index is 2.48. The molecule has 0 unspecified atom stereocenters. The Hall–Kier alpha value is -1.43. The minimum absolute atomic E-state index is 0.443. The number of halogens is 1. The molecule has 0 aromatic carbocycles. The van der Waals surface area contributed by atoms with Gasteiger partial charge in [-0.2, -0.15) is 0 Å².